The van der Waals surface area contributed by atoms with E-state index in [0.717, 1.165) is 13.1 Å². The Labute approximate surface area is 110 Å². The fourth-order valence-electron chi connectivity index (χ4n) is 2.08. The molecule has 0 fully saturated rings. The molecule has 1 aromatic heterocycles. The summed E-state index contributed by atoms with van der Waals surface area (Å²) in [4.78, 5) is 0. The Morgan fingerprint density at radius 3 is 2.78 bits per heavy atom. The number of nitrogens with zero attached hydrogens (tertiary/aromatic N) is 1. The van der Waals surface area contributed by atoms with Gasteiger partial charge in [-0.15, -0.1) is 0 Å². The number of aliphatic hydroxyl groups excluding tert-OH is 1. The van der Waals surface area contributed by atoms with Gasteiger partial charge in [0.2, 0.25) is 0 Å². The molecule has 1 rings (SSSR count). The van der Waals surface area contributed by atoms with E-state index in [0.29, 0.717) is 25.2 Å². The molecular formula is C14H26N2O2. The second-order valence-corrected chi connectivity index (χ2v) is 4.80. The Morgan fingerprint density at radius 2 is 2.17 bits per heavy atom. The largest absolute Gasteiger partial charge is 0.394 e. The molecule has 0 saturated heterocycles. The number of hydrogen-bond donors (Lipinski definition) is 2. The number of nitrogens with one attached hydrogen (secondary N) is 1. The topological polar surface area (TPSA) is 46.4 Å². The highest BCUT2D eigenvalue weighted by atomic mass is 16.5. The van der Waals surface area contributed by atoms with E-state index in [1.54, 1.807) is 0 Å². The van der Waals surface area contributed by atoms with Crippen molar-refractivity contribution >= 4 is 0 Å². The molecule has 0 aliphatic rings. The van der Waals surface area contributed by atoms with Crippen molar-refractivity contribution in [3.05, 3.63) is 24.0 Å². The summed E-state index contributed by atoms with van der Waals surface area (Å²) in [6.45, 7) is 9.55. The monoisotopic (exact) mass is 254 g/mol. The summed E-state index contributed by atoms with van der Waals surface area (Å²) in [5, 5.41) is 12.1. The molecule has 0 amide bonds. The molecule has 0 aliphatic carbocycles. The van der Waals surface area contributed by atoms with Crippen LogP contribution in [0.2, 0.25) is 0 Å². The van der Waals surface area contributed by atoms with Crippen LogP contribution in [0, 0.1) is 5.92 Å². The van der Waals surface area contributed by atoms with E-state index in [9.17, 15) is 0 Å². The molecule has 1 unspecified atom stereocenters. The molecule has 1 heterocycles. The lowest BCUT2D eigenvalue weighted by Crippen LogP contribution is -2.25. The van der Waals surface area contributed by atoms with E-state index in [1.807, 2.05) is 0 Å². The van der Waals surface area contributed by atoms with Crippen molar-refractivity contribution in [3.8, 4) is 0 Å². The third-order valence-electron chi connectivity index (χ3n) is 2.95. The van der Waals surface area contributed by atoms with Crippen molar-refractivity contribution in [2.75, 3.05) is 26.4 Å². The van der Waals surface area contributed by atoms with Gasteiger partial charge in [0.25, 0.3) is 0 Å². The lowest BCUT2D eigenvalue weighted by molar-refractivity contribution is 0.0870. The molecule has 104 valence electrons. The van der Waals surface area contributed by atoms with Crippen LogP contribution >= 0.6 is 0 Å². The molecule has 18 heavy (non-hydrogen) atoms. The number of aromatic nitrogens is 1. The first-order chi connectivity index (χ1) is 8.69. The van der Waals surface area contributed by atoms with Crippen molar-refractivity contribution in [1.29, 1.82) is 0 Å². The Balaban J connectivity index is 2.50. The maximum absolute atomic E-state index is 8.62. The molecule has 0 saturated carbocycles. The van der Waals surface area contributed by atoms with E-state index in [-0.39, 0.29) is 6.61 Å². The predicted octanol–water partition coefficient (Wildman–Crippen LogP) is 1.80. The van der Waals surface area contributed by atoms with Crippen molar-refractivity contribution in [2.24, 2.45) is 5.92 Å². The highest BCUT2D eigenvalue weighted by Crippen LogP contribution is 2.21. The number of hydrogen-bond acceptors (Lipinski definition) is 3. The normalized spacial score (nSPS) is 13.2. The van der Waals surface area contributed by atoms with Gasteiger partial charge in [0.05, 0.1) is 19.8 Å². The second kappa shape index (κ2) is 8.29. The number of rotatable bonds is 9. The van der Waals surface area contributed by atoms with Crippen molar-refractivity contribution in [2.45, 2.75) is 33.4 Å². The minimum atomic E-state index is 0.0901. The van der Waals surface area contributed by atoms with Crippen LogP contribution in [0.4, 0.5) is 0 Å². The van der Waals surface area contributed by atoms with Gasteiger partial charge in [0, 0.05) is 25.0 Å². The highest BCUT2D eigenvalue weighted by Gasteiger charge is 2.15. The lowest BCUT2D eigenvalue weighted by atomic mass is 9.98. The smallest absolute Gasteiger partial charge is 0.0698 e. The van der Waals surface area contributed by atoms with Crippen molar-refractivity contribution in [1.82, 2.24) is 9.88 Å². The Hall–Kier alpha value is -0.840. The first-order valence-electron chi connectivity index (χ1n) is 6.76. The van der Waals surface area contributed by atoms with Crippen LogP contribution in [0.3, 0.4) is 0 Å². The quantitative estimate of drug-likeness (QED) is 0.661. The summed E-state index contributed by atoms with van der Waals surface area (Å²) in [6.07, 6.45) is 4.26. The standard InChI is InChI=1S/C14H26N2O2/c1-4-15-14(12(2)3)13-5-6-16(11-13)7-9-18-10-8-17/h5-6,11-12,14-15,17H,4,7-10H2,1-3H3. The van der Waals surface area contributed by atoms with Gasteiger partial charge in [-0.05, 0) is 24.1 Å². The summed E-state index contributed by atoms with van der Waals surface area (Å²) < 4.78 is 7.40. The average molecular weight is 254 g/mol. The molecule has 1 atom stereocenters. The Kier molecular flexibility index (Phi) is 7.01. The van der Waals surface area contributed by atoms with E-state index < -0.39 is 0 Å². The molecule has 0 radical (unpaired) electrons. The molecule has 4 heteroatoms. The van der Waals surface area contributed by atoms with E-state index >= 15 is 0 Å². The molecular weight excluding hydrogens is 228 g/mol. The van der Waals surface area contributed by atoms with E-state index in [4.69, 9.17) is 9.84 Å². The van der Waals surface area contributed by atoms with Crippen LogP contribution in [0.25, 0.3) is 0 Å². The lowest BCUT2D eigenvalue weighted by Gasteiger charge is -2.20. The zero-order valence-electron chi connectivity index (χ0n) is 11.7. The van der Waals surface area contributed by atoms with Crippen LogP contribution in [0.1, 0.15) is 32.4 Å². The van der Waals surface area contributed by atoms with Crippen LogP contribution in [-0.4, -0.2) is 36.0 Å². The Bertz CT molecular complexity index is 323. The van der Waals surface area contributed by atoms with Gasteiger partial charge in [-0.2, -0.15) is 0 Å². The first-order valence-corrected chi connectivity index (χ1v) is 6.76. The number of ether oxygens (including phenoxy) is 1. The van der Waals surface area contributed by atoms with Crippen LogP contribution < -0.4 is 5.32 Å². The summed E-state index contributed by atoms with van der Waals surface area (Å²) in [6, 6.07) is 2.58. The maximum atomic E-state index is 8.62. The minimum absolute atomic E-state index is 0.0901. The molecule has 0 aromatic carbocycles. The molecule has 0 spiro atoms. The fourth-order valence-corrected chi connectivity index (χ4v) is 2.08. The van der Waals surface area contributed by atoms with Crippen LogP contribution in [0.15, 0.2) is 18.5 Å². The van der Waals surface area contributed by atoms with Crippen molar-refractivity contribution in [3.63, 3.8) is 0 Å². The van der Waals surface area contributed by atoms with Crippen molar-refractivity contribution < 1.29 is 9.84 Å². The second-order valence-electron chi connectivity index (χ2n) is 4.80. The zero-order chi connectivity index (χ0) is 13.4. The summed E-state index contributed by atoms with van der Waals surface area (Å²) in [5.41, 5.74) is 1.33. The van der Waals surface area contributed by atoms with E-state index in [2.05, 4.69) is 49.1 Å². The van der Waals surface area contributed by atoms with Gasteiger partial charge >= 0.3 is 0 Å². The Morgan fingerprint density at radius 1 is 1.39 bits per heavy atom. The molecule has 4 nitrogen and oxygen atoms in total. The molecule has 0 aliphatic heterocycles. The third kappa shape index (κ3) is 4.80. The summed E-state index contributed by atoms with van der Waals surface area (Å²) in [5.74, 6) is 0.575. The zero-order valence-corrected chi connectivity index (χ0v) is 11.7. The summed E-state index contributed by atoms with van der Waals surface area (Å²) in [7, 11) is 0. The minimum Gasteiger partial charge on any atom is -0.394 e. The average Bonchev–Trinajstić information content (AvgIpc) is 2.79. The van der Waals surface area contributed by atoms with Gasteiger partial charge in [0.1, 0.15) is 0 Å². The van der Waals surface area contributed by atoms with Gasteiger partial charge in [-0.1, -0.05) is 20.8 Å². The van der Waals surface area contributed by atoms with Crippen LogP contribution in [0.5, 0.6) is 0 Å². The molecule has 2 N–H and O–H groups in total. The van der Waals surface area contributed by atoms with Gasteiger partial charge in [0.15, 0.2) is 0 Å². The van der Waals surface area contributed by atoms with Gasteiger partial charge < -0.3 is 19.7 Å². The fraction of sp³-hybridized carbons (Fsp3) is 0.714. The molecule has 1 aromatic rings. The van der Waals surface area contributed by atoms with Gasteiger partial charge in [-0.25, -0.2) is 0 Å². The third-order valence-corrected chi connectivity index (χ3v) is 2.95. The van der Waals surface area contributed by atoms with E-state index in [1.165, 1.54) is 5.56 Å². The highest BCUT2D eigenvalue weighted by molar-refractivity contribution is 5.16. The summed E-state index contributed by atoms with van der Waals surface area (Å²) >= 11 is 0. The predicted molar refractivity (Wildman–Crippen MR) is 73.6 cm³/mol. The SMILES string of the molecule is CCNC(c1ccn(CCOCCO)c1)C(C)C. The van der Waals surface area contributed by atoms with Gasteiger partial charge in [-0.3, -0.25) is 0 Å². The van der Waals surface area contributed by atoms with Crippen LogP contribution in [-0.2, 0) is 11.3 Å². The number of aliphatic hydroxyl groups is 1. The molecule has 0 bridgehead atoms. The first kappa shape index (κ1) is 15.2. The maximum Gasteiger partial charge on any atom is 0.0698 e.